The fraction of sp³-hybridized carbons (Fsp3) is 0.522. The zero-order valence-electron chi connectivity index (χ0n) is 19.8. The van der Waals surface area contributed by atoms with E-state index in [2.05, 4.69) is 10.7 Å². The predicted octanol–water partition coefficient (Wildman–Crippen LogP) is 1.85. The Morgan fingerprint density at radius 3 is 1.94 bits per heavy atom. The van der Waals surface area contributed by atoms with Crippen molar-refractivity contribution in [3.63, 3.8) is 0 Å². The van der Waals surface area contributed by atoms with Crippen LogP contribution in [-0.4, -0.2) is 51.7 Å². The molecule has 0 saturated carbocycles. The number of carbonyl (C=O) groups is 5. The summed E-state index contributed by atoms with van der Waals surface area (Å²) in [7, 11) is 0. The average molecular weight is 463 g/mol. The Bertz CT molecular complexity index is 841. The van der Waals surface area contributed by atoms with Crippen LogP contribution in [-0.2, 0) is 25.7 Å². The molecule has 4 N–H and O–H groups in total. The van der Waals surface area contributed by atoms with Gasteiger partial charge in [0.2, 0.25) is 11.7 Å². The molecule has 0 spiro atoms. The number of ketones is 1. The van der Waals surface area contributed by atoms with Gasteiger partial charge in [-0.25, -0.2) is 4.79 Å². The molecule has 33 heavy (non-hydrogen) atoms. The molecular weight excluding hydrogens is 428 g/mol. The summed E-state index contributed by atoms with van der Waals surface area (Å²) in [5.41, 5.74) is 4.87. The first-order chi connectivity index (χ1) is 15.4. The lowest BCUT2D eigenvalue weighted by atomic mass is 9.99. The standard InChI is InChI=1S/C23H34N4O6/c1-14(2)11-18(21(30)26-25-20(29)16(5)28)24-22(31)19(12-15(3)4)27(23(32)33)13-17-9-7-6-8-10-17/h6-10,14-15,18-19H,11-13H2,1-5H3,(H,24,31)(H,25,29)(H,26,30)(H,32,33). The molecule has 0 radical (unpaired) electrons. The maximum atomic E-state index is 13.2. The summed E-state index contributed by atoms with van der Waals surface area (Å²) in [6.07, 6.45) is -0.756. The van der Waals surface area contributed by atoms with Crippen LogP contribution in [0, 0.1) is 11.8 Å². The van der Waals surface area contributed by atoms with Gasteiger partial charge in [0, 0.05) is 13.5 Å². The summed E-state index contributed by atoms with van der Waals surface area (Å²) in [4.78, 5) is 61.5. The van der Waals surface area contributed by atoms with Crippen LogP contribution in [0.5, 0.6) is 0 Å². The summed E-state index contributed by atoms with van der Waals surface area (Å²) < 4.78 is 0. The first-order valence-electron chi connectivity index (χ1n) is 10.9. The highest BCUT2D eigenvalue weighted by atomic mass is 16.4. The fourth-order valence-corrected chi connectivity index (χ4v) is 3.18. The molecule has 0 saturated heterocycles. The van der Waals surface area contributed by atoms with Gasteiger partial charge in [-0.3, -0.25) is 34.9 Å². The van der Waals surface area contributed by atoms with Gasteiger partial charge < -0.3 is 10.4 Å². The third-order valence-electron chi connectivity index (χ3n) is 4.77. The Labute approximate surface area is 194 Å². The van der Waals surface area contributed by atoms with E-state index in [1.807, 2.05) is 39.2 Å². The third-order valence-corrected chi connectivity index (χ3v) is 4.77. The summed E-state index contributed by atoms with van der Waals surface area (Å²) in [5.74, 6) is -3.08. The Kier molecular flexibility index (Phi) is 11.0. The number of carboxylic acid groups (broad SMARTS) is 1. The van der Waals surface area contributed by atoms with Gasteiger partial charge in [-0.1, -0.05) is 58.0 Å². The highest BCUT2D eigenvalue weighted by Gasteiger charge is 2.33. The lowest BCUT2D eigenvalue weighted by molar-refractivity contribution is -0.139. The Hall–Kier alpha value is -3.43. The van der Waals surface area contributed by atoms with E-state index in [4.69, 9.17) is 0 Å². The van der Waals surface area contributed by atoms with Crippen molar-refractivity contribution >= 4 is 29.6 Å². The number of Topliss-reactive ketones (excluding diaryl/α,β-unsaturated/α-hetero) is 1. The van der Waals surface area contributed by atoms with E-state index in [0.717, 1.165) is 17.4 Å². The molecule has 1 aromatic rings. The number of hydrogen-bond acceptors (Lipinski definition) is 5. The molecule has 0 fully saturated rings. The molecule has 0 aliphatic rings. The fourth-order valence-electron chi connectivity index (χ4n) is 3.18. The van der Waals surface area contributed by atoms with Crippen LogP contribution >= 0.6 is 0 Å². The van der Waals surface area contributed by atoms with Crippen LogP contribution in [0.4, 0.5) is 4.79 Å². The van der Waals surface area contributed by atoms with Gasteiger partial charge in [-0.05, 0) is 30.2 Å². The molecule has 10 heteroatoms. The smallest absolute Gasteiger partial charge is 0.408 e. The molecule has 0 aliphatic heterocycles. The Morgan fingerprint density at radius 1 is 0.879 bits per heavy atom. The van der Waals surface area contributed by atoms with Crippen LogP contribution in [0.1, 0.15) is 53.0 Å². The van der Waals surface area contributed by atoms with Crippen molar-refractivity contribution < 1.29 is 29.1 Å². The summed E-state index contributed by atoms with van der Waals surface area (Å²) in [6, 6.07) is 6.85. The molecule has 0 heterocycles. The van der Waals surface area contributed by atoms with E-state index in [9.17, 15) is 29.1 Å². The molecule has 2 unspecified atom stereocenters. The molecule has 182 valence electrons. The first-order valence-corrected chi connectivity index (χ1v) is 10.9. The van der Waals surface area contributed by atoms with Crippen molar-refractivity contribution in [1.82, 2.24) is 21.1 Å². The summed E-state index contributed by atoms with van der Waals surface area (Å²) in [5, 5.41) is 12.5. The Morgan fingerprint density at radius 2 is 1.45 bits per heavy atom. The van der Waals surface area contributed by atoms with E-state index < -0.39 is 41.7 Å². The van der Waals surface area contributed by atoms with E-state index in [0.29, 0.717) is 0 Å². The molecule has 1 aromatic carbocycles. The van der Waals surface area contributed by atoms with Gasteiger partial charge in [0.1, 0.15) is 12.1 Å². The maximum absolute atomic E-state index is 13.2. The van der Waals surface area contributed by atoms with Gasteiger partial charge >= 0.3 is 12.0 Å². The lowest BCUT2D eigenvalue weighted by Gasteiger charge is -2.31. The number of carbonyl (C=O) groups excluding carboxylic acids is 4. The molecule has 4 amide bonds. The zero-order chi connectivity index (χ0) is 25.1. The van der Waals surface area contributed by atoms with Crippen molar-refractivity contribution in [3.05, 3.63) is 35.9 Å². The zero-order valence-corrected chi connectivity index (χ0v) is 19.8. The van der Waals surface area contributed by atoms with Crippen molar-refractivity contribution in [3.8, 4) is 0 Å². The second-order valence-corrected chi connectivity index (χ2v) is 8.73. The quantitative estimate of drug-likeness (QED) is 0.292. The summed E-state index contributed by atoms with van der Waals surface area (Å²) in [6.45, 7) is 8.52. The molecule has 0 aromatic heterocycles. The monoisotopic (exact) mass is 462 g/mol. The maximum Gasteiger partial charge on any atom is 0.408 e. The predicted molar refractivity (Wildman–Crippen MR) is 122 cm³/mol. The summed E-state index contributed by atoms with van der Waals surface area (Å²) >= 11 is 0. The van der Waals surface area contributed by atoms with Gasteiger partial charge in [0.05, 0.1) is 0 Å². The lowest BCUT2D eigenvalue weighted by Crippen LogP contribution is -2.57. The molecule has 2 atom stereocenters. The SMILES string of the molecule is CC(=O)C(=O)NNC(=O)C(CC(C)C)NC(=O)C(CC(C)C)N(Cc1ccccc1)C(=O)O. The molecule has 10 nitrogen and oxygen atoms in total. The van der Waals surface area contributed by atoms with Crippen LogP contribution < -0.4 is 16.2 Å². The normalized spacial score (nSPS) is 12.6. The van der Waals surface area contributed by atoms with Gasteiger partial charge in [0.25, 0.3) is 5.91 Å². The number of hydrazine groups is 1. The number of nitrogens with one attached hydrogen (secondary N) is 3. The molecule has 1 rings (SSSR count). The molecule has 0 bridgehead atoms. The van der Waals surface area contributed by atoms with Crippen molar-refractivity contribution in [2.75, 3.05) is 0 Å². The highest BCUT2D eigenvalue weighted by molar-refractivity contribution is 6.35. The topological polar surface area (TPSA) is 145 Å². The van der Waals surface area contributed by atoms with Gasteiger partial charge in [0.15, 0.2) is 0 Å². The minimum atomic E-state index is -1.25. The Balaban J connectivity index is 3.09. The van der Waals surface area contributed by atoms with Crippen molar-refractivity contribution in [2.24, 2.45) is 11.8 Å². The highest BCUT2D eigenvalue weighted by Crippen LogP contribution is 2.17. The minimum Gasteiger partial charge on any atom is -0.465 e. The van der Waals surface area contributed by atoms with Gasteiger partial charge in [-0.15, -0.1) is 0 Å². The number of hydrogen-bond donors (Lipinski definition) is 4. The first kappa shape index (κ1) is 27.6. The van der Waals surface area contributed by atoms with Crippen molar-refractivity contribution in [1.29, 1.82) is 0 Å². The van der Waals surface area contributed by atoms with Crippen molar-refractivity contribution in [2.45, 2.75) is 66.1 Å². The minimum absolute atomic E-state index is 0.00519. The van der Waals surface area contributed by atoms with E-state index >= 15 is 0 Å². The largest absolute Gasteiger partial charge is 0.465 e. The van der Waals surface area contributed by atoms with Crippen LogP contribution in [0.15, 0.2) is 30.3 Å². The number of nitrogens with zero attached hydrogens (tertiary/aromatic N) is 1. The van der Waals surface area contributed by atoms with E-state index in [1.165, 1.54) is 0 Å². The van der Waals surface area contributed by atoms with Crippen LogP contribution in [0.3, 0.4) is 0 Å². The molecule has 0 aliphatic carbocycles. The van der Waals surface area contributed by atoms with E-state index in [1.54, 1.807) is 24.3 Å². The second kappa shape index (κ2) is 13.2. The van der Waals surface area contributed by atoms with Gasteiger partial charge in [-0.2, -0.15) is 0 Å². The van der Waals surface area contributed by atoms with Crippen LogP contribution in [0.25, 0.3) is 0 Å². The van der Waals surface area contributed by atoms with E-state index in [-0.39, 0.29) is 31.2 Å². The number of amides is 4. The van der Waals surface area contributed by atoms with Crippen LogP contribution in [0.2, 0.25) is 0 Å². The number of benzene rings is 1. The second-order valence-electron chi connectivity index (χ2n) is 8.73. The molecular formula is C23H34N4O6. The third kappa shape index (κ3) is 9.71. The average Bonchev–Trinajstić information content (AvgIpc) is 2.73. The number of rotatable bonds is 11.